The Morgan fingerprint density at radius 3 is 2.53 bits per heavy atom. The zero-order valence-electron chi connectivity index (χ0n) is 10.0. The van der Waals surface area contributed by atoms with Gasteiger partial charge in [-0.05, 0) is 13.0 Å². The van der Waals surface area contributed by atoms with Crippen molar-refractivity contribution < 1.29 is 4.74 Å². The third-order valence-electron chi connectivity index (χ3n) is 3.20. The molecule has 1 saturated heterocycles. The van der Waals surface area contributed by atoms with E-state index in [2.05, 4.69) is 37.6 Å². The van der Waals surface area contributed by atoms with Crippen LogP contribution in [0.5, 0.6) is 0 Å². The lowest BCUT2D eigenvalue weighted by Gasteiger charge is -2.41. The van der Waals surface area contributed by atoms with Gasteiger partial charge in [-0.2, -0.15) is 0 Å². The molecule has 1 aliphatic rings. The summed E-state index contributed by atoms with van der Waals surface area (Å²) in [5.74, 6) is 0. The summed E-state index contributed by atoms with van der Waals surface area (Å²) in [7, 11) is -1.29. The number of aromatic nitrogens is 1. The zero-order chi connectivity index (χ0) is 11.1. The molecule has 0 aromatic carbocycles. The third kappa shape index (κ3) is 1.86. The van der Waals surface area contributed by atoms with Crippen LogP contribution in [0, 0.1) is 0 Å². The summed E-state index contributed by atoms with van der Waals surface area (Å²) in [4.78, 5) is 4.25. The minimum atomic E-state index is -1.29. The molecule has 82 valence electrons. The Labute approximate surface area is 92.7 Å². The fraction of sp³-hybridized carbons (Fsp3) is 0.583. The van der Waals surface area contributed by atoms with Crippen molar-refractivity contribution in [2.45, 2.75) is 38.6 Å². The van der Waals surface area contributed by atoms with Crippen molar-refractivity contribution in [2.75, 3.05) is 6.61 Å². The van der Waals surface area contributed by atoms with E-state index in [4.69, 9.17) is 4.74 Å². The lowest BCUT2D eigenvalue weighted by molar-refractivity contribution is -0.140. The maximum atomic E-state index is 5.72. The van der Waals surface area contributed by atoms with Gasteiger partial charge < -0.3 is 4.74 Å². The number of pyridine rings is 1. The van der Waals surface area contributed by atoms with E-state index in [1.807, 2.05) is 12.4 Å². The molecule has 2 heterocycles. The van der Waals surface area contributed by atoms with Crippen LogP contribution in [0.2, 0.25) is 19.6 Å². The molecule has 0 radical (unpaired) electrons. The van der Waals surface area contributed by atoms with E-state index in [1.165, 1.54) is 10.8 Å². The fourth-order valence-electron chi connectivity index (χ4n) is 2.09. The summed E-state index contributed by atoms with van der Waals surface area (Å²) in [5, 5.41) is 1.49. The van der Waals surface area contributed by atoms with Gasteiger partial charge in [0, 0.05) is 24.4 Å². The first-order chi connectivity index (χ1) is 6.93. The summed E-state index contributed by atoms with van der Waals surface area (Å²) < 4.78 is 5.72. The smallest absolute Gasteiger partial charge is 0.0938 e. The Balaban J connectivity index is 2.47. The predicted molar refractivity (Wildman–Crippen MR) is 65.1 cm³/mol. The first-order valence-corrected chi connectivity index (χ1v) is 9.02. The van der Waals surface area contributed by atoms with E-state index in [0.29, 0.717) is 0 Å². The lowest BCUT2D eigenvalue weighted by atomic mass is 9.90. The number of hydrogen-bond donors (Lipinski definition) is 0. The molecular weight excluding hydrogens is 202 g/mol. The van der Waals surface area contributed by atoms with Crippen LogP contribution in [-0.4, -0.2) is 19.7 Å². The van der Waals surface area contributed by atoms with E-state index in [1.54, 1.807) is 0 Å². The van der Waals surface area contributed by atoms with Gasteiger partial charge in [-0.15, -0.1) is 0 Å². The van der Waals surface area contributed by atoms with Crippen molar-refractivity contribution in [3.8, 4) is 0 Å². The molecule has 0 spiro atoms. The molecular formula is C12H19NOSi. The van der Waals surface area contributed by atoms with Gasteiger partial charge in [0.05, 0.1) is 20.3 Å². The normalized spacial score (nSPS) is 26.1. The maximum absolute atomic E-state index is 5.72. The maximum Gasteiger partial charge on any atom is 0.0938 e. The molecule has 3 heteroatoms. The number of nitrogens with zero attached hydrogens (tertiary/aromatic N) is 1. The molecule has 1 aromatic heterocycles. The minimum Gasteiger partial charge on any atom is -0.370 e. The monoisotopic (exact) mass is 221 g/mol. The van der Waals surface area contributed by atoms with Gasteiger partial charge in [0.25, 0.3) is 0 Å². The Bertz CT molecular complexity index is 366. The topological polar surface area (TPSA) is 22.1 Å². The number of rotatable bonds is 2. The highest BCUT2D eigenvalue weighted by atomic mass is 28.3. The van der Waals surface area contributed by atoms with Crippen LogP contribution >= 0.6 is 0 Å². The molecule has 1 aromatic rings. The Hall–Kier alpha value is -0.673. The van der Waals surface area contributed by atoms with E-state index in [0.717, 1.165) is 13.0 Å². The standard InChI is InChI=1S/C12H19NOSi/c1-12(6-8-14-12)10-9-13-7-5-11(10)15(2,3)4/h5,7,9H,6,8H2,1-4H3. The molecule has 2 rings (SSSR count). The Kier molecular flexibility index (Phi) is 2.47. The largest absolute Gasteiger partial charge is 0.370 e. The van der Waals surface area contributed by atoms with Crippen molar-refractivity contribution >= 4 is 13.3 Å². The summed E-state index contributed by atoms with van der Waals surface area (Å²) >= 11 is 0. The van der Waals surface area contributed by atoms with Gasteiger partial charge in [-0.1, -0.05) is 24.8 Å². The number of ether oxygens (including phenoxy) is 1. The van der Waals surface area contributed by atoms with E-state index in [9.17, 15) is 0 Å². The summed E-state index contributed by atoms with van der Waals surface area (Å²) in [6, 6.07) is 2.18. The van der Waals surface area contributed by atoms with Gasteiger partial charge in [-0.3, -0.25) is 4.98 Å². The molecule has 0 saturated carbocycles. The molecule has 0 bridgehead atoms. The van der Waals surface area contributed by atoms with Crippen molar-refractivity contribution in [3.05, 3.63) is 24.0 Å². The van der Waals surface area contributed by atoms with Gasteiger partial charge in [-0.25, -0.2) is 0 Å². The third-order valence-corrected chi connectivity index (χ3v) is 5.25. The first-order valence-electron chi connectivity index (χ1n) is 5.52. The summed E-state index contributed by atoms with van der Waals surface area (Å²) in [6.45, 7) is 10.2. The van der Waals surface area contributed by atoms with Crippen LogP contribution in [0.4, 0.5) is 0 Å². The fourth-order valence-corrected chi connectivity index (χ4v) is 3.80. The molecule has 1 unspecified atom stereocenters. The molecule has 15 heavy (non-hydrogen) atoms. The van der Waals surface area contributed by atoms with Gasteiger partial charge >= 0.3 is 0 Å². The molecule has 0 N–H and O–H groups in total. The molecule has 0 amide bonds. The van der Waals surface area contributed by atoms with Crippen LogP contribution in [0.25, 0.3) is 0 Å². The van der Waals surface area contributed by atoms with Crippen LogP contribution in [0.15, 0.2) is 18.5 Å². The van der Waals surface area contributed by atoms with Crippen molar-refractivity contribution in [1.29, 1.82) is 0 Å². The second kappa shape index (κ2) is 3.42. The average Bonchev–Trinajstić information content (AvgIpc) is 2.13. The quantitative estimate of drug-likeness (QED) is 0.715. The van der Waals surface area contributed by atoms with Crippen molar-refractivity contribution in [2.24, 2.45) is 0 Å². The molecule has 1 fully saturated rings. The molecule has 1 atom stereocenters. The van der Waals surface area contributed by atoms with Crippen LogP contribution in [0.3, 0.4) is 0 Å². The average molecular weight is 221 g/mol. The van der Waals surface area contributed by atoms with Gasteiger partial charge in [0.2, 0.25) is 0 Å². The second-order valence-corrected chi connectivity index (χ2v) is 10.5. The number of hydrogen-bond acceptors (Lipinski definition) is 2. The van der Waals surface area contributed by atoms with Crippen LogP contribution in [-0.2, 0) is 10.3 Å². The molecule has 1 aliphatic heterocycles. The highest BCUT2D eigenvalue weighted by Gasteiger charge is 2.38. The Morgan fingerprint density at radius 1 is 1.40 bits per heavy atom. The minimum absolute atomic E-state index is 0.0656. The first kappa shape index (κ1) is 10.8. The second-order valence-electron chi connectivity index (χ2n) is 5.50. The van der Waals surface area contributed by atoms with E-state index in [-0.39, 0.29) is 5.60 Å². The highest BCUT2D eigenvalue weighted by molar-refractivity contribution is 6.89. The summed E-state index contributed by atoms with van der Waals surface area (Å²) in [5.41, 5.74) is 1.25. The van der Waals surface area contributed by atoms with Gasteiger partial charge in [0.1, 0.15) is 0 Å². The van der Waals surface area contributed by atoms with Crippen molar-refractivity contribution in [3.63, 3.8) is 0 Å². The highest BCUT2D eigenvalue weighted by Crippen LogP contribution is 2.36. The molecule has 0 aliphatic carbocycles. The van der Waals surface area contributed by atoms with Gasteiger partial charge in [0.15, 0.2) is 0 Å². The van der Waals surface area contributed by atoms with Crippen LogP contribution in [0.1, 0.15) is 18.9 Å². The zero-order valence-corrected chi connectivity index (χ0v) is 11.0. The lowest BCUT2D eigenvalue weighted by Crippen LogP contribution is -2.48. The van der Waals surface area contributed by atoms with E-state index >= 15 is 0 Å². The van der Waals surface area contributed by atoms with Crippen molar-refractivity contribution in [1.82, 2.24) is 4.98 Å². The predicted octanol–water partition coefficient (Wildman–Crippen LogP) is 2.26. The summed E-state index contributed by atoms with van der Waals surface area (Å²) in [6.07, 6.45) is 5.02. The van der Waals surface area contributed by atoms with Crippen LogP contribution < -0.4 is 5.19 Å². The Morgan fingerprint density at radius 2 is 2.07 bits per heavy atom. The van der Waals surface area contributed by atoms with E-state index < -0.39 is 8.07 Å². The molecule has 2 nitrogen and oxygen atoms in total. The SMILES string of the molecule is CC1(c2cnccc2[Si](C)(C)C)CCO1.